The fourth-order valence-corrected chi connectivity index (χ4v) is 2.49. The maximum absolute atomic E-state index is 13.2. The molecule has 0 N–H and O–H groups in total. The van der Waals surface area contributed by atoms with Gasteiger partial charge in [-0.25, -0.2) is 8.78 Å². The Hall–Kier alpha value is -2.03. The summed E-state index contributed by atoms with van der Waals surface area (Å²) in [4.78, 5) is 12.5. The first kappa shape index (κ1) is 12.0. The van der Waals surface area contributed by atoms with Crippen molar-refractivity contribution in [2.45, 2.75) is 18.3 Å². The Kier molecular flexibility index (Phi) is 2.70. The van der Waals surface area contributed by atoms with Crippen molar-refractivity contribution in [1.29, 1.82) is 0 Å². The quantitative estimate of drug-likeness (QED) is 0.763. The van der Waals surface area contributed by atoms with E-state index in [1.165, 1.54) is 0 Å². The predicted molar refractivity (Wildman–Crippen MR) is 68.0 cm³/mol. The topological polar surface area (TPSA) is 17.1 Å². The van der Waals surface area contributed by atoms with E-state index in [1.807, 2.05) is 30.3 Å². The molecule has 1 fully saturated rings. The van der Waals surface area contributed by atoms with E-state index in [0.717, 1.165) is 36.6 Å². The highest BCUT2D eigenvalue weighted by atomic mass is 19.1. The average molecular weight is 258 g/mol. The van der Waals surface area contributed by atoms with E-state index in [4.69, 9.17) is 0 Å². The second-order valence-electron chi connectivity index (χ2n) is 4.94. The van der Waals surface area contributed by atoms with Gasteiger partial charge in [0.25, 0.3) is 0 Å². The first-order valence-corrected chi connectivity index (χ1v) is 6.18. The second-order valence-corrected chi connectivity index (χ2v) is 4.94. The van der Waals surface area contributed by atoms with Crippen LogP contribution in [0, 0.1) is 11.6 Å². The standard InChI is InChI=1S/C16H12F2O/c17-13-8-11(9-14(18)10-13)15(19)16(6-7-16)12-4-2-1-3-5-12/h1-5,8-10H,6-7H2. The zero-order valence-electron chi connectivity index (χ0n) is 10.2. The molecule has 0 radical (unpaired) electrons. The lowest BCUT2D eigenvalue weighted by Gasteiger charge is -2.14. The molecule has 0 aliphatic heterocycles. The molecule has 3 rings (SSSR count). The minimum atomic E-state index is -0.716. The summed E-state index contributed by atoms with van der Waals surface area (Å²) in [6.45, 7) is 0. The third kappa shape index (κ3) is 2.05. The maximum Gasteiger partial charge on any atom is 0.173 e. The lowest BCUT2D eigenvalue weighted by Crippen LogP contribution is -2.20. The number of benzene rings is 2. The zero-order chi connectivity index (χ0) is 13.5. The smallest absolute Gasteiger partial charge is 0.173 e. The van der Waals surface area contributed by atoms with Gasteiger partial charge in [-0.05, 0) is 30.5 Å². The molecule has 2 aromatic carbocycles. The molecule has 1 nitrogen and oxygen atoms in total. The van der Waals surface area contributed by atoms with Crippen LogP contribution in [0.1, 0.15) is 28.8 Å². The van der Waals surface area contributed by atoms with E-state index in [-0.39, 0.29) is 11.3 Å². The van der Waals surface area contributed by atoms with Gasteiger partial charge in [0, 0.05) is 11.6 Å². The van der Waals surface area contributed by atoms with Gasteiger partial charge in [-0.15, -0.1) is 0 Å². The molecule has 1 saturated carbocycles. The van der Waals surface area contributed by atoms with E-state index in [9.17, 15) is 13.6 Å². The van der Waals surface area contributed by atoms with E-state index < -0.39 is 17.0 Å². The van der Waals surface area contributed by atoms with Crippen LogP contribution < -0.4 is 0 Å². The molecule has 96 valence electrons. The number of hydrogen-bond acceptors (Lipinski definition) is 1. The van der Waals surface area contributed by atoms with E-state index in [2.05, 4.69) is 0 Å². The molecule has 0 atom stereocenters. The van der Waals surface area contributed by atoms with Crippen LogP contribution >= 0.6 is 0 Å². The molecule has 0 bridgehead atoms. The van der Waals surface area contributed by atoms with Gasteiger partial charge in [0.1, 0.15) is 11.6 Å². The number of Topliss-reactive ketones (excluding diaryl/α,β-unsaturated/α-hetero) is 1. The Morgan fingerprint density at radius 3 is 2.05 bits per heavy atom. The third-order valence-corrected chi connectivity index (χ3v) is 3.64. The summed E-state index contributed by atoms with van der Waals surface area (Å²) in [5.74, 6) is -1.63. The first-order chi connectivity index (χ1) is 9.12. The number of ketones is 1. The maximum atomic E-state index is 13.2. The number of halogens is 2. The Morgan fingerprint density at radius 2 is 1.53 bits per heavy atom. The number of carbonyl (C=O) groups excluding carboxylic acids is 1. The van der Waals surface area contributed by atoms with Gasteiger partial charge in [-0.1, -0.05) is 30.3 Å². The molecular formula is C16H12F2O. The number of carbonyl (C=O) groups is 1. The summed E-state index contributed by atoms with van der Waals surface area (Å²) >= 11 is 0. The lowest BCUT2D eigenvalue weighted by molar-refractivity contribution is 0.0945. The highest BCUT2D eigenvalue weighted by Crippen LogP contribution is 2.50. The highest BCUT2D eigenvalue weighted by Gasteiger charge is 2.51. The fraction of sp³-hybridized carbons (Fsp3) is 0.188. The molecule has 1 aliphatic carbocycles. The summed E-state index contributed by atoms with van der Waals surface area (Å²) in [6.07, 6.45) is 1.46. The third-order valence-electron chi connectivity index (χ3n) is 3.64. The van der Waals surface area contributed by atoms with E-state index >= 15 is 0 Å². The van der Waals surface area contributed by atoms with Crippen LogP contribution in [-0.2, 0) is 5.41 Å². The molecule has 2 aromatic rings. The van der Waals surface area contributed by atoms with Gasteiger partial charge in [-0.2, -0.15) is 0 Å². The van der Waals surface area contributed by atoms with Gasteiger partial charge in [0.05, 0.1) is 5.41 Å². The van der Waals surface area contributed by atoms with Crippen LogP contribution in [0.5, 0.6) is 0 Å². The summed E-state index contributed by atoms with van der Waals surface area (Å²) in [6, 6.07) is 12.4. The van der Waals surface area contributed by atoms with Crippen LogP contribution in [0.25, 0.3) is 0 Å². The van der Waals surface area contributed by atoms with E-state index in [0.29, 0.717) is 0 Å². The lowest BCUT2D eigenvalue weighted by atomic mass is 9.87. The fourth-order valence-electron chi connectivity index (χ4n) is 2.49. The summed E-state index contributed by atoms with van der Waals surface area (Å²) in [5.41, 5.74) is 0.449. The molecule has 0 heterocycles. The van der Waals surface area contributed by atoms with Crippen molar-refractivity contribution >= 4 is 5.78 Å². The molecule has 0 aromatic heterocycles. The van der Waals surface area contributed by atoms with Crippen LogP contribution in [0.3, 0.4) is 0 Å². The predicted octanol–water partition coefficient (Wildman–Crippen LogP) is 3.88. The van der Waals surface area contributed by atoms with Gasteiger partial charge in [0.2, 0.25) is 0 Å². The zero-order valence-corrected chi connectivity index (χ0v) is 10.2. The summed E-state index contributed by atoms with van der Waals surface area (Å²) in [7, 11) is 0. The Balaban J connectivity index is 2.00. The van der Waals surface area contributed by atoms with Gasteiger partial charge >= 0.3 is 0 Å². The largest absolute Gasteiger partial charge is 0.293 e. The normalized spacial score (nSPS) is 16.1. The molecule has 0 unspecified atom stereocenters. The average Bonchev–Trinajstić information content (AvgIpc) is 3.19. The highest BCUT2D eigenvalue weighted by molar-refractivity contribution is 6.06. The van der Waals surface area contributed by atoms with Crippen molar-refractivity contribution in [2.75, 3.05) is 0 Å². The van der Waals surface area contributed by atoms with Gasteiger partial charge < -0.3 is 0 Å². The first-order valence-electron chi connectivity index (χ1n) is 6.18. The Morgan fingerprint density at radius 1 is 0.947 bits per heavy atom. The van der Waals surface area contributed by atoms with Crippen LogP contribution in [0.2, 0.25) is 0 Å². The number of hydrogen-bond donors (Lipinski definition) is 0. The monoisotopic (exact) mass is 258 g/mol. The molecule has 0 saturated heterocycles. The molecular weight excluding hydrogens is 246 g/mol. The van der Waals surface area contributed by atoms with Gasteiger partial charge in [0.15, 0.2) is 5.78 Å². The molecule has 0 amide bonds. The van der Waals surface area contributed by atoms with Crippen molar-refractivity contribution in [3.8, 4) is 0 Å². The summed E-state index contributed by atoms with van der Waals surface area (Å²) < 4.78 is 26.4. The minimum Gasteiger partial charge on any atom is -0.293 e. The van der Waals surface area contributed by atoms with Crippen LogP contribution in [0.4, 0.5) is 8.78 Å². The SMILES string of the molecule is O=C(c1cc(F)cc(F)c1)C1(c2ccccc2)CC1. The van der Waals surface area contributed by atoms with Gasteiger partial charge in [-0.3, -0.25) is 4.79 Å². The van der Waals surface area contributed by atoms with Crippen molar-refractivity contribution in [1.82, 2.24) is 0 Å². The van der Waals surface area contributed by atoms with Crippen molar-refractivity contribution in [3.63, 3.8) is 0 Å². The second kappa shape index (κ2) is 4.26. The van der Waals surface area contributed by atoms with Crippen molar-refractivity contribution < 1.29 is 13.6 Å². The minimum absolute atomic E-state index is 0.110. The van der Waals surface area contributed by atoms with Crippen LogP contribution in [-0.4, -0.2) is 5.78 Å². The van der Waals surface area contributed by atoms with Crippen molar-refractivity contribution in [2.24, 2.45) is 0 Å². The molecule has 1 aliphatic rings. The Bertz CT molecular complexity index is 610. The molecule has 0 spiro atoms. The van der Waals surface area contributed by atoms with Crippen LogP contribution in [0.15, 0.2) is 48.5 Å². The Labute approximate surface area is 109 Å². The van der Waals surface area contributed by atoms with E-state index in [1.54, 1.807) is 0 Å². The molecule has 3 heteroatoms. The summed E-state index contributed by atoms with van der Waals surface area (Å²) in [5, 5.41) is 0. The molecule has 19 heavy (non-hydrogen) atoms. The van der Waals surface area contributed by atoms with Crippen molar-refractivity contribution in [3.05, 3.63) is 71.3 Å². The number of rotatable bonds is 3.